The molecule has 1 aromatic rings. The quantitative estimate of drug-likeness (QED) is 0.756. The van der Waals surface area contributed by atoms with Crippen molar-refractivity contribution in [3.8, 4) is 0 Å². The summed E-state index contributed by atoms with van der Waals surface area (Å²) in [4.78, 5) is 10.7. The molecule has 0 heterocycles. The first-order valence-electron chi connectivity index (χ1n) is 5.30. The van der Waals surface area contributed by atoms with Crippen molar-refractivity contribution in [1.29, 1.82) is 0 Å². The predicted octanol–water partition coefficient (Wildman–Crippen LogP) is 1.46. The molecule has 5 nitrogen and oxygen atoms in total. The Morgan fingerprint density at radius 3 is 2.35 bits per heavy atom. The number of benzene rings is 1. The molecule has 0 atom stereocenters. The lowest BCUT2D eigenvalue weighted by Gasteiger charge is -2.06. The Balaban J connectivity index is 2.81. The van der Waals surface area contributed by atoms with Crippen LogP contribution in [0.2, 0.25) is 0 Å². The van der Waals surface area contributed by atoms with Gasteiger partial charge in [-0.15, -0.1) is 0 Å². The van der Waals surface area contributed by atoms with Gasteiger partial charge in [0.15, 0.2) is 0 Å². The van der Waals surface area contributed by atoms with Gasteiger partial charge in [-0.3, -0.25) is 0 Å². The van der Waals surface area contributed by atoms with Crippen molar-refractivity contribution in [2.45, 2.75) is 24.7 Å². The van der Waals surface area contributed by atoms with Gasteiger partial charge >= 0.3 is 5.97 Å². The zero-order chi connectivity index (χ0) is 12.9. The minimum absolute atomic E-state index is 0.0671. The van der Waals surface area contributed by atoms with E-state index < -0.39 is 16.0 Å². The number of hydrogen-bond acceptors (Lipinski definition) is 3. The van der Waals surface area contributed by atoms with E-state index in [1.165, 1.54) is 24.3 Å². The molecule has 2 N–H and O–H groups in total. The van der Waals surface area contributed by atoms with E-state index in [1.54, 1.807) is 0 Å². The average Bonchev–Trinajstić information content (AvgIpc) is 2.29. The molecule has 0 aromatic heterocycles. The Labute approximate surface area is 101 Å². The smallest absolute Gasteiger partial charge is 0.335 e. The molecule has 0 spiro atoms. The van der Waals surface area contributed by atoms with Crippen LogP contribution in [0.15, 0.2) is 29.2 Å². The lowest BCUT2D eigenvalue weighted by Crippen LogP contribution is -2.24. The highest BCUT2D eigenvalue weighted by Crippen LogP contribution is 2.10. The lowest BCUT2D eigenvalue weighted by atomic mass is 10.2. The van der Waals surface area contributed by atoms with Gasteiger partial charge in [-0.25, -0.2) is 17.9 Å². The molecule has 0 aliphatic carbocycles. The van der Waals surface area contributed by atoms with Gasteiger partial charge < -0.3 is 5.11 Å². The van der Waals surface area contributed by atoms with Crippen molar-refractivity contribution >= 4 is 16.0 Å². The van der Waals surface area contributed by atoms with Crippen molar-refractivity contribution in [3.05, 3.63) is 29.8 Å². The molecule has 0 fully saturated rings. The van der Waals surface area contributed by atoms with Gasteiger partial charge in [0.05, 0.1) is 10.5 Å². The monoisotopic (exact) mass is 257 g/mol. The van der Waals surface area contributed by atoms with E-state index in [0.717, 1.165) is 12.8 Å². The van der Waals surface area contributed by atoms with Gasteiger partial charge in [-0.05, 0) is 30.7 Å². The first-order chi connectivity index (χ1) is 7.97. The maximum atomic E-state index is 11.7. The number of rotatable bonds is 6. The topological polar surface area (TPSA) is 83.5 Å². The van der Waals surface area contributed by atoms with Gasteiger partial charge in [-0.1, -0.05) is 13.3 Å². The molecule has 0 amide bonds. The van der Waals surface area contributed by atoms with Crippen LogP contribution in [0.4, 0.5) is 0 Å². The second kappa shape index (κ2) is 5.79. The number of carboxylic acids is 1. The fourth-order valence-corrected chi connectivity index (χ4v) is 2.32. The lowest BCUT2D eigenvalue weighted by molar-refractivity contribution is 0.0697. The largest absolute Gasteiger partial charge is 0.478 e. The van der Waals surface area contributed by atoms with Crippen molar-refractivity contribution in [3.63, 3.8) is 0 Å². The molecule has 0 aliphatic heterocycles. The standard InChI is InChI=1S/C11H15NO4S/c1-2-3-8-12-17(15,16)10-6-4-9(5-7-10)11(13)14/h4-7,12H,2-3,8H2,1H3,(H,13,14). The molecule has 0 saturated heterocycles. The van der Waals surface area contributed by atoms with Crippen LogP contribution in [-0.4, -0.2) is 26.0 Å². The van der Waals surface area contributed by atoms with E-state index in [-0.39, 0.29) is 10.5 Å². The molecular formula is C11H15NO4S. The summed E-state index contributed by atoms with van der Waals surface area (Å²) in [6, 6.07) is 5.13. The van der Waals surface area contributed by atoms with E-state index in [2.05, 4.69) is 4.72 Å². The minimum atomic E-state index is -3.52. The van der Waals surface area contributed by atoms with Crippen LogP contribution >= 0.6 is 0 Å². The van der Waals surface area contributed by atoms with Crippen molar-refractivity contribution in [2.24, 2.45) is 0 Å². The first kappa shape index (κ1) is 13.7. The Hall–Kier alpha value is -1.40. The summed E-state index contributed by atoms with van der Waals surface area (Å²) in [5.41, 5.74) is 0.0671. The van der Waals surface area contributed by atoms with Crippen molar-refractivity contribution in [1.82, 2.24) is 4.72 Å². The first-order valence-corrected chi connectivity index (χ1v) is 6.78. The van der Waals surface area contributed by atoms with Gasteiger partial charge in [0.2, 0.25) is 10.0 Å². The van der Waals surface area contributed by atoms with E-state index in [9.17, 15) is 13.2 Å². The third-order valence-electron chi connectivity index (χ3n) is 2.23. The van der Waals surface area contributed by atoms with E-state index in [1.807, 2.05) is 6.92 Å². The molecule has 94 valence electrons. The Kier molecular flexibility index (Phi) is 4.65. The van der Waals surface area contributed by atoms with Crippen LogP contribution in [0.3, 0.4) is 0 Å². The van der Waals surface area contributed by atoms with Gasteiger partial charge in [-0.2, -0.15) is 0 Å². The molecule has 0 bridgehead atoms. The number of carbonyl (C=O) groups is 1. The van der Waals surface area contributed by atoms with Crippen LogP contribution in [0, 0.1) is 0 Å². The predicted molar refractivity (Wildman–Crippen MR) is 63.5 cm³/mol. The highest BCUT2D eigenvalue weighted by molar-refractivity contribution is 7.89. The molecule has 6 heteroatoms. The number of unbranched alkanes of at least 4 members (excludes halogenated alkanes) is 1. The minimum Gasteiger partial charge on any atom is -0.478 e. The third kappa shape index (κ3) is 3.83. The van der Waals surface area contributed by atoms with Crippen LogP contribution < -0.4 is 4.72 Å². The summed E-state index contributed by atoms with van der Waals surface area (Å²) in [6.07, 6.45) is 1.67. The molecule has 0 radical (unpaired) electrons. The Morgan fingerprint density at radius 1 is 1.29 bits per heavy atom. The molecule has 0 unspecified atom stereocenters. The van der Waals surface area contributed by atoms with E-state index in [0.29, 0.717) is 6.54 Å². The second-order valence-electron chi connectivity index (χ2n) is 3.58. The number of hydrogen-bond donors (Lipinski definition) is 2. The molecule has 0 aliphatic rings. The van der Waals surface area contributed by atoms with Gasteiger partial charge in [0.25, 0.3) is 0 Å². The molecular weight excluding hydrogens is 242 g/mol. The highest BCUT2D eigenvalue weighted by Gasteiger charge is 2.13. The fraction of sp³-hybridized carbons (Fsp3) is 0.364. The SMILES string of the molecule is CCCCNS(=O)(=O)c1ccc(C(=O)O)cc1. The molecule has 17 heavy (non-hydrogen) atoms. The molecule has 0 saturated carbocycles. The van der Waals surface area contributed by atoms with Crippen LogP contribution in [0.25, 0.3) is 0 Å². The number of nitrogens with one attached hydrogen (secondary N) is 1. The summed E-state index contributed by atoms with van der Waals surface area (Å²) in [6.45, 7) is 2.36. The van der Waals surface area contributed by atoms with Crippen LogP contribution in [0.5, 0.6) is 0 Å². The van der Waals surface area contributed by atoms with Crippen molar-refractivity contribution < 1.29 is 18.3 Å². The summed E-state index contributed by atoms with van der Waals surface area (Å²) in [5, 5.41) is 8.69. The summed E-state index contributed by atoms with van der Waals surface area (Å²) in [7, 11) is -3.52. The van der Waals surface area contributed by atoms with Crippen LogP contribution in [-0.2, 0) is 10.0 Å². The zero-order valence-corrected chi connectivity index (χ0v) is 10.3. The number of aromatic carboxylic acids is 1. The number of sulfonamides is 1. The van der Waals surface area contributed by atoms with Gasteiger partial charge in [0, 0.05) is 6.54 Å². The maximum Gasteiger partial charge on any atom is 0.335 e. The van der Waals surface area contributed by atoms with Gasteiger partial charge in [0.1, 0.15) is 0 Å². The zero-order valence-electron chi connectivity index (χ0n) is 9.51. The van der Waals surface area contributed by atoms with E-state index in [4.69, 9.17) is 5.11 Å². The number of carboxylic acid groups (broad SMARTS) is 1. The molecule has 1 rings (SSSR count). The fourth-order valence-electron chi connectivity index (χ4n) is 1.24. The molecule has 1 aromatic carbocycles. The Morgan fingerprint density at radius 2 is 1.88 bits per heavy atom. The van der Waals surface area contributed by atoms with Crippen molar-refractivity contribution in [2.75, 3.05) is 6.54 Å². The normalized spacial score (nSPS) is 11.4. The van der Waals surface area contributed by atoms with E-state index >= 15 is 0 Å². The maximum absolute atomic E-state index is 11.7. The highest BCUT2D eigenvalue weighted by atomic mass is 32.2. The Bertz CT molecular complexity index is 479. The second-order valence-corrected chi connectivity index (χ2v) is 5.35. The summed E-state index contributed by atoms with van der Waals surface area (Å²) in [5.74, 6) is -1.08. The van der Waals surface area contributed by atoms with Crippen LogP contribution in [0.1, 0.15) is 30.1 Å². The average molecular weight is 257 g/mol. The summed E-state index contributed by atoms with van der Waals surface area (Å²) < 4.78 is 25.9. The summed E-state index contributed by atoms with van der Waals surface area (Å²) >= 11 is 0. The third-order valence-corrected chi connectivity index (χ3v) is 3.71.